The summed E-state index contributed by atoms with van der Waals surface area (Å²) < 4.78 is 7.36. The fourth-order valence-electron chi connectivity index (χ4n) is 1.70. The molecular weight excluding hydrogens is 230 g/mol. The standard InChI is InChI=1S/C9H13N3O3S/c10-7-1-2-12(9(16)11-7)8-3-5(14)6(4-13)15-8/h1-2,5-6,8,13-14H,3-4H2,(H2,10,11,16)/t5-,6-,8-/m1/s1. The minimum absolute atomic E-state index is 0.215. The third kappa shape index (κ3) is 2.07. The van der Waals surface area contributed by atoms with E-state index in [1.807, 2.05) is 0 Å². The van der Waals surface area contributed by atoms with E-state index in [0.29, 0.717) is 17.0 Å². The van der Waals surface area contributed by atoms with E-state index in [2.05, 4.69) is 4.98 Å². The first-order valence-electron chi connectivity index (χ1n) is 4.91. The Kier molecular flexibility index (Phi) is 3.20. The number of hydrogen-bond acceptors (Lipinski definition) is 6. The molecule has 0 spiro atoms. The van der Waals surface area contributed by atoms with Gasteiger partial charge in [-0.15, -0.1) is 0 Å². The smallest absolute Gasteiger partial charge is 0.203 e. The maximum absolute atomic E-state index is 9.59. The van der Waals surface area contributed by atoms with Crippen molar-refractivity contribution in [3.8, 4) is 0 Å². The Hall–Kier alpha value is -1.02. The summed E-state index contributed by atoms with van der Waals surface area (Å²) in [5, 5.41) is 18.5. The zero-order valence-corrected chi connectivity index (χ0v) is 9.30. The van der Waals surface area contributed by atoms with Crippen LogP contribution in [0.25, 0.3) is 0 Å². The third-order valence-electron chi connectivity index (χ3n) is 2.55. The number of rotatable bonds is 2. The van der Waals surface area contributed by atoms with E-state index in [1.54, 1.807) is 16.8 Å². The Bertz CT molecular complexity index is 436. The van der Waals surface area contributed by atoms with Crippen LogP contribution in [0.4, 0.5) is 5.82 Å². The van der Waals surface area contributed by atoms with Crippen LogP contribution in [-0.4, -0.2) is 38.6 Å². The average Bonchev–Trinajstić information content (AvgIpc) is 2.59. The van der Waals surface area contributed by atoms with Crippen LogP contribution in [0.5, 0.6) is 0 Å². The summed E-state index contributed by atoms with van der Waals surface area (Å²) in [6, 6.07) is 1.61. The molecule has 2 heterocycles. The van der Waals surface area contributed by atoms with Gasteiger partial charge in [-0.25, -0.2) is 4.98 Å². The molecule has 1 aromatic rings. The van der Waals surface area contributed by atoms with Gasteiger partial charge in [0.25, 0.3) is 0 Å². The third-order valence-corrected chi connectivity index (χ3v) is 2.85. The van der Waals surface area contributed by atoms with Crippen LogP contribution >= 0.6 is 12.2 Å². The molecule has 7 heteroatoms. The van der Waals surface area contributed by atoms with Gasteiger partial charge < -0.3 is 20.7 Å². The zero-order chi connectivity index (χ0) is 11.7. The minimum atomic E-state index is -0.686. The van der Waals surface area contributed by atoms with Crippen molar-refractivity contribution in [3.63, 3.8) is 0 Å². The second kappa shape index (κ2) is 4.46. The second-order valence-electron chi connectivity index (χ2n) is 3.66. The Morgan fingerprint density at radius 3 is 3.00 bits per heavy atom. The maximum Gasteiger partial charge on any atom is 0.203 e. The average molecular weight is 243 g/mol. The highest BCUT2D eigenvalue weighted by Crippen LogP contribution is 2.28. The molecule has 4 N–H and O–H groups in total. The van der Waals surface area contributed by atoms with E-state index in [4.69, 9.17) is 27.8 Å². The van der Waals surface area contributed by atoms with E-state index >= 15 is 0 Å². The number of hydrogen-bond donors (Lipinski definition) is 3. The van der Waals surface area contributed by atoms with E-state index < -0.39 is 18.4 Å². The van der Waals surface area contributed by atoms with E-state index in [-0.39, 0.29) is 6.61 Å². The van der Waals surface area contributed by atoms with Crippen molar-refractivity contribution in [1.29, 1.82) is 0 Å². The predicted octanol–water partition coefficient (Wildman–Crippen LogP) is -0.165. The Balaban J connectivity index is 2.23. The Labute approximate surface area is 97.3 Å². The molecule has 88 valence electrons. The molecule has 6 nitrogen and oxygen atoms in total. The number of nitrogen functional groups attached to an aromatic ring is 1. The number of ether oxygens (including phenoxy) is 1. The summed E-state index contributed by atoms with van der Waals surface area (Å²) in [5.74, 6) is 0.346. The van der Waals surface area contributed by atoms with Crippen molar-refractivity contribution in [3.05, 3.63) is 17.0 Å². The summed E-state index contributed by atoms with van der Waals surface area (Å²) in [6.07, 6.45) is 0.402. The molecular formula is C9H13N3O3S. The lowest BCUT2D eigenvalue weighted by molar-refractivity contribution is -0.0452. The fourth-order valence-corrected chi connectivity index (χ4v) is 1.98. The molecule has 16 heavy (non-hydrogen) atoms. The van der Waals surface area contributed by atoms with Crippen LogP contribution in [0.1, 0.15) is 12.6 Å². The number of aromatic nitrogens is 2. The van der Waals surface area contributed by atoms with Crippen LogP contribution in [0, 0.1) is 4.77 Å². The molecule has 0 aromatic carbocycles. The number of nitrogens with two attached hydrogens (primary N) is 1. The number of nitrogens with zero attached hydrogens (tertiary/aromatic N) is 2. The highest BCUT2D eigenvalue weighted by Gasteiger charge is 2.34. The molecule has 0 amide bonds. The van der Waals surface area contributed by atoms with Crippen molar-refractivity contribution in [1.82, 2.24) is 9.55 Å². The van der Waals surface area contributed by atoms with Crippen LogP contribution < -0.4 is 5.73 Å². The molecule has 3 atom stereocenters. The fraction of sp³-hybridized carbons (Fsp3) is 0.556. The van der Waals surface area contributed by atoms with Gasteiger partial charge in [-0.2, -0.15) is 0 Å². The van der Waals surface area contributed by atoms with Crippen LogP contribution in [0.2, 0.25) is 0 Å². The van der Waals surface area contributed by atoms with Crippen LogP contribution in [-0.2, 0) is 4.74 Å². The number of aliphatic hydroxyl groups excluding tert-OH is 2. The lowest BCUT2D eigenvalue weighted by Crippen LogP contribution is -2.24. The molecule has 0 bridgehead atoms. The van der Waals surface area contributed by atoms with Crippen LogP contribution in [0.15, 0.2) is 12.3 Å². The molecule has 2 rings (SSSR count). The SMILES string of the molecule is Nc1ccn([C@H]2C[C@@H](O)[C@@H](CO)O2)c(=S)n1. The van der Waals surface area contributed by atoms with Gasteiger partial charge in [0, 0.05) is 12.6 Å². The summed E-state index contributed by atoms with van der Waals surface area (Å²) in [7, 11) is 0. The normalized spacial score (nSPS) is 29.5. The zero-order valence-electron chi connectivity index (χ0n) is 8.48. The lowest BCUT2D eigenvalue weighted by atomic mass is 10.2. The second-order valence-corrected chi connectivity index (χ2v) is 4.02. The number of anilines is 1. The van der Waals surface area contributed by atoms with Gasteiger partial charge in [0.05, 0.1) is 12.7 Å². The molecule has 1 aliphatic heterocycles. The van der Waals surface area contributed by atoms with Gasteiger partial charge >= 0.3 is 0 Å². The first-order chi connectivity index (χ1) is 7.61. The van der Waals surface area contributed by atoms with Gasteiger partial charge in [-0.1, -0.05) is 0 Å². The summed E-state index contributed by atoms with van der Waals surface area (Å²) in [6.45, 7) is -0.215. The molecule has 0 radical (unpaired) electrons. The quantitative estimate of drug-likeness (QED) is 0.625. The van der Waals surface area contributed by atoms with Gasteiger partial charge in [0.15, 0.2) is 0 Å². The molecule has 1 fully saturated rings. The van der Waals surface area contributed by atoms with E-state index in [9.17, 15) is 5.11 Å². The van der Waals surface area contributed by atoms with Crippen molar-refractivity contribution in [2.24, 2.45) is 0 Å². The van der Waals surface area contributed by atoms with Crippen molar-refractivity contribution in [2.45, 2.75) is 24.9 Å². The Morgan fingerprint density at radius 1 is 1.69 bits per heavy atom. The van der Waals surface area contributed by atoms with E-state index in [1.165, 1.54) is 0 Å². The van der Waals surface area contributed by atoms with Gasteiger partial charge in [-0.05, 0) is 18.3 Å². The topological polar surface area (TPSA) is 93.5 Å². The van der Waals surface area contributed by atoms with E-state index in [0.717, 1.165) is 0 Å². The molecule has 0 aliphatic carbocycles. The monoisotopic (exact) mass is 243 g/mol. The Morgan fingerprint density at radius 2 is 2.44 bits per heavy atom. The van der Waals surface area contributed by atoms with Gasteiger partial charge in [-0.3, -0.25) is 4.57 Å². The van der Waals surface area contributed by atoms with Crippen molar-refractivity contribution in [2.75, 3.05) is 12.3 Å². The minimum Gasteiger partial charge on any atom is -0.394 e. The molecule has 1 saturated heterocycles. The maximum atomic E-state index is 9.59. The first-order valence-corrected chi connectivity index (χ1v) is 5.31. The molecule has 1 aromatic heterocycles. The summed E-state index contributed by atoms with van der Waals surface area (Å²) in [4.78, 5) is 3.93. The largest absolute Gasteiger partial charge is 0.394 e. The molecule has 0 unspecified atom stereocenters. The predicted molar refractivity (Wildman–Crippen MR) is 59.1 cm³/mol. The highest BCUT2D eigenvalue weighted by molar-refractivity contribution is 7.71. The van der Waals surface area contributed by atoms with Gasteiger partial charge in [0.2, 0.25) is 4.77 Å². The summed E-state index contributed by atoms with van der Waals surface area (Å²) in [5.41, 5.74) is 5.49. The van der Waals surface area contributed by atoms with Gasteiger partial charge in [0.1, 0.15) is 18.1 Å². The lowest BCUT2D eigenvalue weighted by Gasteiger charge is -2.15. The summed E-state index contributed by atoms with van der Waals surface area (Å²) >= 11 is 5.04. The van der Waals surface area contributed by atoms with Crippen molar-refractivity contribution < 1.29 is 14.9 Å². The number of aliphatic hydroxyl groups is 2. The molecule has 0 saturated carbocycles. The first kappa shape index (κ1) is 11.5. The molecule has 1 aliphatic rings. The van der Waals surface area contributed by atoms with Crippen molar-refractivity contribution >= 4 is 18.0 Å². The van der Waals surface area contributed by atoms with Crippen LogP contribution in [0.3, 0.4) is 0 Å². The highest BCUT2D eigenvalue weighted by atomic mass is 32.1.